The van der Waals surface area contributed by atoms with Crippen molar-refractivity contribution in [2.75, 3.05) is 0 Å². The van der Waals surface area contributed by atoms with Gasteiger partial charge in [0.25, 0.3) is 0 Å². The summed E-state index contributed by atoms with van der Waals surface area (Å²) in [6, 6.07) is 9.17. The first-order valence-corrected chi connectivity index (χ1v) is 6.19. The molecule has 0 heterocycles. The molecule has 0 fully saturated rings. The Morgan fingerprint density at radius 1 is 0.867 bits per heavy atom. The van der Waals surface area contributed by atoms with Crippen molar-refractivity contribution >= 4 is 0 Å². The van der Waals surface area contributed by atoms with E-state index in [0.717, 1.165) is 11.8 Å². The molecule has 1 unspecified atom stereocenters. The zero-order valence-electron chi connectivity index (χ0n) is 10.6. The molecule has 1 aromatic rings. The van der Waals surface area contributed by atoms with Crippen molar-refractivity contribution in [3.05, 3.63) is 35.4 Å². The fourth-order valence-electron chi connectivity index (χ4n) is 1.83. The minimum absolute atomic E-state index is 0.755. The minimum atomic E-state index is 0.755. The summed E-state index contributed by atoms with van der Waals surface area (Å²) in [5, 5.41) is 0. The highest BCUT2D eigenvalue weighted by Gasteiger charge is 2.02. The van der Waals surface area contributed by atoms with Crippen molar-refractivity contribution in [1.29, 1.82) is 0 Å². The second kappa shape index (κ2) is 5.95. The summed E-state index contributed by atoms with van der Waals surface area (Å²) in [6.45, 7) is 9.12. The predicted octanol–water partition coefficient (Wildman–Crippen LogP) is 4.47. The van der Waals surface area contributed by atoms with E-state index >= 15 is 0 Å². The van der Waals surface area contributed by atoms with Crippen LogP contribution >= 0.6 is 0 Å². The second-order valence-corrected chi connectivity index (χ2v) is 5.13. The van der Waals surface area contributed by atoms with Crippen molar-refractivity contribution < 1.29 is 0 Å². The van der Waals surface area contributed by atoms with Crippen LogP contribution in [-0.2, 0) is 12.8 Å². The lowest BCUT2D eigenvalue weighted by atomic mass is 9.96. The van der Waals surface area contributed by atoms with Crippen molar-refractivity contribution in [2.45, 2.75) is 47.0 Å². The van der Waals surface area contributed by atoms with Crippen LogP contribution in [-0.4, -0.2) is 0 Å². The van der Waals surface area contributed by atoms with Gasteiger partial charge in [-0.3, -0.25) is 0 Å². The maximum atomic E-state index is 2.32. The highest BCUT2D eigenvalue weighted by Crippen LogP contribution is 2.14. The molecule has 0 saturated heterocycles. The molecule has 0 aliphatic rings. The van der Waals surface area contributed by atoms with E-state index in [4.69, 9.17) is 0 Å². The molecule has 0 amide bonds. The molecule has 0 radical (unpaired) electrons. The Hall–Kier alpha value is -0.780. The summed E-state index contributed by atoms with van der Waals surface area (Å²) in [4.78, 5) is 0. The van der Waals surface area contributed by atoms with E-state index in [9.17, 15) is 0 Å². The van der Waals surface area contributed by atoms with E-state index in [1.54, 1.807) is 0 Å². The standard InChI is InChI=1S/C15H24/c1-5-13(4)11-15-8-6-14(7-9-15)10-12(2)3/h6-9,12-13H,5,10-11H2,1-4H3. The van der Waals surface area contributed by atoms with E-state index in [0.29, 0.717) is 0 Å². The van der Waals surface area contributed by atoms with Gasteiger partial charge in [-0.2, -0.15) is 0 Å². The Kier molecular flexibility index (Phi) is 4.87. The lowest BCUT2D eigenvalue weighted by Gasteiger charge is -2.09. The lowest BCUT2D eigenvalue weighted by molar-refractivity contribution is 0.560. The summed E-state index contributed by atoms with van der Waals surface area (Å²) in [6.07, 6.45) is 3.69. The summed E-state index contributed by atoms with van der Waals surface area (Å²) in [7, 11) is 0. The fourth-order valence-corrected chi connectivity index (χ4v) is 1.83. The van der Waals surface area contributed by atoms with Crippen molar-refractivity contribution in [1.82, 2.24) is 0 Å². The molecule has 1 atom stereocenters. The van der Waals surface area contributed by atoms with Crippen LogP contribution < -0.4 is 0 Å². The molecule has 0 N–H and O–H groups in total. The van der Waals surface area contributed by atoms with Crippen molar-refractivity contribution in [2.24, 2.45) is 11.8 Å². The summed E-state index contributed by atoms with van der Waals surface area (Å²) < 4.78 is 0. The summed E-state index contributed by atoms with van der Waals surface area (Å²) in [5.41, 5.74) is 2.95. The largest absolute Gasteiger partial charge is 0.0651 e. The van der Waals surface area contributed by atoms with Gasteiger partial charge in [0.15, 0.2) is 0 Å². The van der Waals surface area contributed by atoms with Crippen LogP contribution in [0.25, 0.3) is 0 Å². The molecule has 0 aromatic heterocycles. The van der Waals surface area contributed by atoms with Crippen LogP contribution in [0, 0.1) is 11.8 Å². The molecule has 0 saturated carbocycles. The Balaban J connectivity index is 2.56. The van der Waals surface area contributed by atoms with E-state index in [1.165, 1.54) is 30.4 Å². The Morgan fingerprint density at radius 2 is 1.33 bits per heavy atom. The first-order valence-electron chi connectivity index (χ1n) is 6.19. The summed E-state index contributed by atoms with van der Waals surface area (Å²) in [5.74, 6) is 1.56. The molecule has 0 spiro atoms. The third kappa shape index (κ3) is 4.51. The molecule has 84 valence electrons. The zero-order valence-corrected chi connectivity index (χ0v) is 10.6. The van der Waals surface area contributed by atoms with Crippen LogP contribution in [0.4, 0.5) is 0 Å². The van der Waals surface area contributed by atoms with Gasteiger partial charge in [-0.25, -0.2) is 0 Å². The zero-order chi connectivity index (χ0) is 11.3. The molecule has 15 heavy (non-hydrogen) atoms. The molecule has 0 bridgehead atoms. The Labute approximate surface area is 94.7 Å². The van der Waals surface area contributed by atoms with Gasteiger partial charge in [-0.1, -0.05) is 58.4 Å². The third-order valence-electron chi connectivity index (χ3n) is 2.95. The maximum absolute atomic E-state index is 2.32. The molecule has 0 aliphatic heterocycles. The molecule has 1 aromatic carbocycles. The second-order valence-electron chi connectivity index (χ2n) is 5.13. The SMILES string of the molecule is CCC(C)Cc1ccc(CC(C)C)cc1. The molecular formula is C15H24. The van der Waals surface area contributed by atoms with Gasteiger partial charge in [-0.15, -0.1) is 0 Å². The number of benzene rings is 1. The normalized spacial score (nSPS) is 13.1. The quantitative estimate of drug-likeness (QED) is 0.663. The average molecular weight is 204 g/mol. The maximum Gasteiger partial charge on any atom is -0.0253 e. The van der Waals surface area contributed by atoms with Crippen LogP contribution in [0.3, 0.4) is 0 Å². The van der Waals surface area contributed by atoms with Crippen LogP contribution in [0.5, 0.6) is 0 Å². The lowest BCUT2D eigenvalue weighted by Crippen LogP contribution is -1.98. The van der Waals surface area contributed by atoms with Gasteiger partial charge >= 0.3 is 0 Å². The van der Waals surface area contributed by atoms with E-state index in [2.05, 4.69) is 52.0 Å². The van der Waals surface area contributed by atoms with E-state index < -0.39 is 0 Å². The molecule has 1 rings (SSSR count). The number of hydrogen-bond acceptors (Lipinski definition) is 0. The Bertz CT molecular complexity index is 269. The predicted molar refractivity (Wildman–Crippen MR) is 68.1 cm³/mol. The number of hydrogen-bond donors (Lipinski definition) is 0. The topological polar surface area (TPSA) is 0 Å². The third-order valence-corrected chi connectivity index (χ3v) is 2.95. The van der Waals surface area contributed by atoms with Gasteiger partial charge in [0.1, 0.15) is 0 Å². The molecular weight excluding hydrogens is 180 g/mol. The first-order chi connectivity index (χ1) is 7.11. The first kappa shape index (κ1) is 12.3. The highest BCUT2D eigenvalue weighted by atomic mass is 14.1. The van der Waals surface area contributed by atoms with Crippen molar-refractivity contribution in [3.8, 4) is 0 Å². The van der Waals surface area contributed by atoms with E-state index in [-0.39, 0.29) is 0 Å². The van der Waals surface area contributed by atoms with E-state index in [1.807, 2.05) is 0 Å². The monoisotopic (exact) mass is 204 g/mol. The van der Waals surface area contributed by atoms with Gasteiger partial charge in [0, 0.05) is 0 Å². The Morgan fingerprint density at radius 3 is 1.73 bits per heavy atom. The minimum Gasteiger partial charge on any atom is -0.0651 e. The smallest absolute Gasteiger partial charge is 0.0253 e. The van der Waals surface area contributed by atoms with Gasteiger partial charge in [-0.05, 0) is 35.8 Å². The molecule has 0 nitrogen and oxygen atoms in total. The molecule has 0 aliphatic carbocycles. The van der Waals surface area contributed by atoms with Crippen LogP contribution in [0.15, 0.2) is 24.3 Å². The number of rotatable bonds is 5. The van der Waals surface area contributed by atoms with Crippen LogP contribution in [0.1, 0.15) is 45.2 Å². The van der Waals surface area contributed by atoms with Gasteiger partial charge < -0.3 is 0 Å². The fraction of sp³-hybridized carbons (Fsp3) is 0.600. The average Bonchev–Trinajstić information content (AvgIpc) is 2.20. The van der Waals surface area contributed by atoms with Gasteiger partial charge in [0.05, 0.1) is 0 Å². The highest BCUT2D eigenvalue weighted by molar-refractivity contribution is 5.23. The van der Waals surface area contributed by atoms with Crippen molar-refractivity contribution in [3.63, 3.8) is 0 Å². The van der Waals surface area contributed by atoms with Crippen LogP contribution in [0.2, 0.25) is 0 Å². The summed E-state index contributed by atoms with van der Waals surface area (Å²) >= 11 is 0. The van der Waals surface area contributed by atoms with Gasteiger partial charge in [0.2, 0.25) is 0 Å². The molecule has 0 heteroatoms.